The lowest BCUT2D eigenvalue weighted by atomic mass is 9.96. The van der Waals surface area contributed by atoms with Gasteiger partial charge in [-0.2, -0.15) is 13.2 Å². The van der Waals surface area contributed by atoms with E-state index >= 15 is 0 Å². The zero-order chi connectivity index (χ0) is 17.7. The summed E-state index contributed by atoms with van der Waals surface area (Å²) in [5.74, 6) is -1.95. The summed E-state index contributed by atoms with van der Waals surface area (Å²) in [5, 5.41) is 1.86. The number of likely N-dealkylation sites (tertiary alicyclic amines) is 1. The van der Waals surface area contributed by atoms with Gasteiger partial charge in [0.1, 0.15) is 12.4 Å². The van der Waals surface area contributed by atoms with E-state index in [0.29, 0.717) is 24.9 Å². The van der Waals surface area contributed by atoms with Gasteiger partial charge in [-0.15, -0.1) is 0 Å². The van der Waals surface area contributed by atoms with Gasteiger partial charge in [0.15, 0.2) is 0 Å². The van der Waals surface area contributed by atoms with Crippen LogP contribution in [0.2, 0.25) is 0 Å². The summed E-state index contributed by atoms with van der Waals surface area (Å²) in [5.41, 5.74) is 0.644. The Kier molecular flexibility index (Phi) is 5.80. The van der Waals surface area contributed by atoms with Crippen LogP contribution < -0.4 is 5.32 Å². The molecule has 0 saturated carbocycles. The van der Waals surface area contributed by atoms with Gasteiger partial charge in [-0.1, -0.05) is 12.1 Å². The molecule has 1 aromatic carbocycles. The van der Waals surface area contributed by atoms with Crippen LogP contribution in [0.25, 0.3) is 0 Å². The first-order chi connectivity index (χ1) is 11.2. The molecule has 1 aliphatic heterocycles. The van der Waals surface area contributed by atoms with E-state index in [1.165, 1.54) is 29.2 Å². The third-order valence-corrected chi connectivity index (χ3v) is 3.88. The van der Waals surface area contributed by atoms with Crippen LogP contribution in [0.3, 0.4) is 0 Å². The van der Waals surface area contributed by atoms with Crippen molar-refractivity contribution in [2.24, 2.45) is 5.92 Å². The highest BCUT2D eigenvalue weighted by atomic mass is 19.4. The van der Waals surface area contributed by atoms with Gasteiger partial charge in [-0.05, 0) is 30.5 Å². The molecule has 0 unspecified atom stereocenters. The lowest BCUT2D eigenvalue weighted by Gasteiger charge is -2.32. The molecule has 0 radical (unpaired) electrons. The van der Waals surface area contributed by atoms with Crippen molar-refractivity contribution in [3.05, 3.63) is 35.6 Å². The summed E-state index contributed by atoms with van der Waals surface area (Å²) < 4.78 is 49.3. The molecule has 1 aliphatic rings. The maximum atomic E-state index is 12.9. The summed E-state index contributed by atoms with van der Waals surface area (Å²) in [6.07, 6.45) is -3.39. The second kappa shape index (κ2) is 7.63. The molecule has 132 valence electrons. The van der Waals surface area contributed by atoms with Gasteiger partial charge in [0.2, 0.25) is 11.8 Å². The Bertz CT molecular complexity index is 587. The summed E-state index contributed by atoms with van der Waals surface area (Å²) in [7, 11) is 0. The van der Waals surface area contributed by atoms with E-state index in [-0.39, 0.29) is 18.9 Å². The average molecular weight is 346 g/mol. The molecule has 4 nitrogen and oxygen atoms in total. The minimum Gasteiger partial charge on any atom is -0.347 e. The van der Waals surface area contributed by atoms with Crippen molar-refractivity contribution in [1.82, 2.24) is 10.2 Å². The normalized spacial score (nSPS) is 18.3. The lowest BCUT2D eigenvalue weighted by Crippen LogP contribution is -2.47. The van der Waals surface area contributed by atoms with Crippen LogP contribution >= 0.6 is 0 Å². The van der Waals surface area contributed by atoms with Gasteiger partial charge in [-0.3, -0.25) is 9.59 Å². The second-order valence-electron chi connectivity index (χ2n) is 5.82. The van der Waals surface area contributed by atoms with Gasteiger partial charge < -0.3 is 10.2 Å². The van der Waals surface area contributed by atoms with Gasteiger partial charge >= 0.3 is 6.18 Å². The van der Waals surface area contributed by atoms with Crippen molar-refractivity contribution in [3.8, 4) is 0 Å². The van der Waals surface area contributed by atoms with Crippen LogP contribution in [-0.2, 0) is 16.0 Å². The first-order valence-corrected chi connectivity index (χ1v) is 7.61. The minimum absolute atomic E-state index is 0.0666. The molecular formula is C16H18F4N2O2. The maximum Gasteiger partial charge on any atom is 0.405 e. The van der Waals surface area contributed by atoms with E-state index in [1.54, 1.807) is 0 Å². The molecule has 2 rings (SSSR count). The molecule has 1 N–H and O–H groups in total. The number of carbonyl (C=O) groups excluding carboxylic acids is 2. The molecule has 0 aliphatic carbocycles. The molecule has 1 saturated heterocycles. The number of nitrogens with one attached hydrogen (secondary N) is 1. The molecule has 1 heterocycles. The quantitative estimate of drug-likeness (QED) is 0.851. The van der Waals surface area contributed by atoms with Crippen molar-refractivity contribution in [1.29, 1.82) is 0 Å². The molecule has 0 bridgehead atoms. The smallest absolute Gasteiger partial charge is 0.347 e. The Morgan fingerprint density at radius 1 is 1.21 bits per heavy atom. The predicted molar refractivity (Wildman–Crippen MR) is 78.5 cm³/mol. The number of rotatable bonds is 4. The van der Waals surface area contributed by atoms with Crippen molar-refractivity contribution in [3.63, 3.8) is 0 Å². The Balaban J connectivity index is 1.88. The van der Waals surface area contributed by atoms with Gasteiger partial charge in [-0.25, -0.2) is 4.39 Å². The average Bonchev–Trinajstić information content (AvgIpc) is 2.54. The monoisotopic (exact) mass is 346 g/mol. The highest BCUT2D eigenvalue weighted by Gasteiger charge is 2.32. The Labute approximate surface area is 136 Å². The van der Waals surface area contributed by atoms with E-state index in [2.05, 4.69) is 0 Å². The molecule has 24 heavy (non-hydrogen) atoms. The fourth-order valence-corrected chi connectivity index (χ4v) is 2.64. The van der Waals surface area contributed by atoms with Crippen LogP contribution in [0.4, 0.5) is 17.6 Å². The molecular weight excluding hydrogens is 328 g/mol. The van der Waals surface area contributed by atoms with Crippen molar-refractivity contribution >= 4 is 11.8 Å². The first-order valence-electron chi connectivity index (χ1n) is 7.61. The summed E-state index contributed by atoms with van der Waals surface area (Å²) in [6, 6.07) is 5.52. The van der Waals surface area contributed by atoms with Gasteiger partial charge in [0.05, 0.1) is 12.3 Å². The second-order valence-corrected chi connectivity index (χ2v) is 5.82. The molecule has 1 atom stereocenters. The number of piperidine rings is 1. The number of nitrogens with zero attached hydrogens (tertiary/aromatic N) is 1. The highest BCUT2D eigenvalue weighted by molar-refractivity contribution is 5.82. The van der Waals surface area contributed by atoms with Crippen LogP contribution in [0, 0.1) is 11.7 Å². The largest absolute Gasteiger partial charge is 0.405 e. The Morgan fingerprint density at radius 3 is 2.50 bits per heavy atom. The number of halogens is 4. The number of hydrogen-bond acceptors (Lipinski definition) is 2. The summed E-state index contributed by atoms with van der Waals surface area (Å²) in [6.45, 7) is -0.807. The topological polar surface area (TPSA) is 49.4 Å². The zero-order valence-corrected chi connectivity index (χ0v) is 12.9. The maximum absolute atomic E-state index is 12.9. The zero-order valence-electron chi connectivity index (χ0n) is 12.9. The van der Waals surface area contributed by atoms with E-state index in [9.17, 15) is 27.2 Å². The summed E-state index contributed by atoms with van der Waals surface area (Å²) >= 11 is 0. The molecule has 0 aromatic heterocycles. The number of alkyl halides is 3. The van der Waals surface area contributed by atoms with Crippen LogP contribution in [0.1, 0.15) is 18.4 Å². The molecule has 0 spiro atoms. The van der Waals surface area contributed by atoms with Crippen molar-refractivity contribution < 1.29 is 27.2 Å². The lowest BCUT2D eigenvalue weighted by molar-refractivity contribution is -0.143. The van der Waals surface area contributed by atoms with Crippen LogP contribution in [0.15, 0.2) is 24.3 Å². The summed E-state index contributed by atoms with van der Waals surface area (Å²) in [4.78, 5) is 25.6. The number of hydrogen-bond donors (Lipinski definition) is 1. The third kappa shape index (κ3) is 5.50. The molecule has 1 fully saturated rings. The fraction of sp³-hybridized carbons (Fsp3) is 0.500. The fourth-order valence-electron chi connectivity index (χ4n) is 2.64. The third-order valence-electron chi connectivity index (χ3n) is 3.88. The number of carbonyl (C=O) groups is 2. The van der Waals surface area contributed by atoms with Gasteiger partial charge in [0.25, 0.3) is 0 Å². The van der Waals surface area contributed by atoms with Crippen LogP contribution in [-0.4, -0.2) is 42.5 Å². The highest BCUT2D eigenvalue weighted by Crippen LogP contribution is 2.19. The van der Waals surface area contributed by atoms with E-state index in [4.69, 9.17) is 0 Å². The molecule has 2 amide bonds. The Morgan fingerprint density at radius 2 is 1.88 bits per heavy atom. The standard InChI is InChI=1S/C16H18F4N2O2/c17-13-5-3-11(4-6-13)8-14(23)22-7-1-2-12(9-22)15(24)21-10-16(18,19)20/h3-6,12H,1-2,7-10H2,(H,21,24)/t12-/m1/s1. The molecule has 8 heteroatoms. The Hall–Kier alpha value is -2.12. The van der Waals surface area contributed by atoms with E-state index in [1.807, 2.05) is 5.32 Å². The SMILES string of the molecule is O=C(NCC(F)(F)F)[C@@H]1CCCN(C(=O)Cc2ccc(F)cc2)C1. The molecule has 1 aromatic rings. The van der Waals surface area contributed by atoms with E-state index < -0.39 is 30.4 Å². The minimum atomic E-state index is -4.46. The predicted octanol–water partition coefficient (Wildman–Crippen LogP) is 2.29. The van der Waals surface area contributed by atoms with Crippen molar-refractivity contribution in [2.75, 3.05) is 19.6 Å². The first kappa shape index (κ1) is 18.2. The van der Waals surface area contributed by atoms with E-state index in [0.717, 1.165) is 0 Å². The number of amides is 2. The van der Waals surface area contributed by atoms with Crippen LogP contribution in [0.5, 0.6) is 0 Å². The van der Waals surface area contributed by atoms with Crippen molar-refractivity contribution in [2.45, 2.75) is 25.4 Å². The number of benzene rings is 1. The van der Waals surface area contributed by atoms with Gasteiger partial charge in [0, 0.05) is 13.1 Å².